The van der Waals surface area contributed by atoms with E-state index in [1.54, 1.807) is 24.0 Å². The predicted molar refractivity (Wildman–Crippen MR) is 119 cm³/mol. The van der Waals surface area contributed by atoms with Crippen molar-refractivity contribution in [1.82, 2.24) is 20.0 Å². The van der Waals surface area contributed by atoms with E-state index in [1.165, 1.54) is 12.8 Å². The maximum Gasteiger partial charge on any atom is 0.325 e. The van der Waals surface area contributed by atoms with Crippen molar-refractivity contribution in [3.05, 3.63) is 33.8 Å². The Balaban J connectivity index is 1.46. The van der Waals surface area contributed by atoms with Gasteiger partial charge in [0.15, 0.2) is 0 Å². The molecule has 1 aromatic rings. The molecule has 31 heavy (non-hydrogen) atoms. The standard InChI is InChI=1S/C22H28Cl2N4O3/c1-22(16-5-6-16)20(30)28(21(31)25-22)14-19(29)27(11-10-26-8-2-3-9-26)13-15-4-7-17(23)18(24)12-15/h4,7,12,16H,2-3,5-6,8-11,13-14H2,1H3,(H,25,31). The highest BCUT2D eigenvalue weighted by Gasteiger charge is 2.56. The van der Waals surface area contributed by atoms with Crippen LogP contribution in [-0.2, 0) is 16.1 Å². The van der Waals surface area contributed by atoms with E-state index >= 15 is 0 Å². The molecule has 3 fully saturated rings. The van der Waals surface area contributed by atoms with Gasteiger partial charge in [-0.15, -0.1) is 0 Å². The van der Waals surface area contributed by atoms with Crippen molar-refractivity contribution < 1.29 is 14.4 Å². The Kier molecular flexibility index (Phi) is 6.47. The SMILES string of the molecule is CC1(C2CC2)NC(=O)N(CC(=O)N(CCN2CCCC2)Cc2ccc(Cl)c(Cl)c2)C1=O. The smallest absolute Gasteiger partial charge is 0.325 e. The van der Waals surface area contributed by atoms with Gasteiger partial charge in [-0.25, -0.2) is 4.79 Å². The van der Waals surface area contributed by atoms with Gasteiger partial charge in [0, 0.05) is 19.6 Å². The first-order chi connectivity index (χ1) is 14.8. The molecule has 0 spiro atoms. The first kappa shape index (κ1) is 22.4. The third kappa shape index (κ3) is 4.83. The number of nitrogens with zero attached hydrogens (tertiary/aromatic N) is 3. The summed E-state index contributed by atoms with van der Waals surface area (Å²) < 4.78 is 0. The number of rotatable bonds is 8. The van der Waals surface area contributed by atoms with Crippen molar-refractivity contribution in [1.29, 1.82) is 0 Å². The van der Waals surface area contributed by atoms with Crippen molar-refractivity contribution in [2.45, 2.75) is 44.7 Å². The molecule has 1 unspecified atom stereocenters. The molecule has 4 rings (SSSR count). The van der Waals surface area contributed by atoms with Crippen LogP contribution in [0.1, 0.15) is 38.2 Å². The van der Waals surface area contributed by atoms with Gasteiger partial charge < -0.3 is 15.1 Å². The number of amides is 4. The van der Waals surface area contributed by atoms with E-state index in [-0.39, 0.29) is 24.3 Å². The van der Waals surface area contributed by atoms with Gasteiger partial charge >= 0.3 is 6.03 Å². The van der Waals surface area contributed by atoms with Crippen LogP contribution in [0.3, 0.4) is 0 Å². The van der Waals surface area contributed by atoms with E-state index in [0.717, 1.165) is 42.9 Å². The van der Waals surface area contributed by atoms with E-state index < -0.39 is 11.6 Å². The van der Waals surface area contributed by atoms with Crippen LogP contribution in [0.5, 0.6) is 0 Å². The Hall–Kier alpha value is -1.83. The van der Waals surface area contributed by atoms with Gasteiger partial charge in [-0.2, -0.15) is 0 Å². The molecule has 2 saturated heterocycles. The summed E-state index contributed by atoms with van der Waals surface area (Å²) in [5.74, 6) is -0.400. The third-order valence-corrected chi connectivity index (χ3v) is 7.32. The summed E-state index contributed by atoms with van der Waals surface area (Å²) in [5, 5.41) is 3.69. The van der Waals surface area contributed by atoms with E-state index in [4.69, 9.17) is 23.2 Å². The maximum absolute atomic E-state index is 13.2. The number of hydrogen-bond donors (Lipinski definition) is 1. The average molecular weight is 467 g/mol. The summed E-state index contributed by atoms with van der Waals surface area (Å²) in [7, 11) is 0. The Labute approximate surface area is 192 Å². The van der Waals surface area contributed by atoms with Crippen LogP contribution in [0.25, 0.3) is 0 Å². The fourth-order valence-electron chi connectivity index (χ4n) is 4.45. The minimum atomic E-state index is -0.887. The number of hydrogen-bond acceptors (Lipinski definition) is 4. The molecule has 1 atom stereocenters. The molecule has 1 aliphatic carbocycles. The highest BCUT2D eigenvalue weighted by Crippen LogP contribution is 2.42. The normalized spacial score (nSPS) is 24.0. The Morgan fingerprint density at radius 3 is 2.55 bits per heavy atom. The zero-order chi connectivity index (χ0) is 22.2. The number of halogens is 2. The summed E-state index contributed by atoms with van der Waals surface area (Å²) in [4.78, 5) is 43.7. The van der Waals surface area contributed by atoms with Crippen LogP contribution < -0.4 is 5.32 Å². The van der Waals surface area contributed by atoms with E-state index in [1.807, 2.05) is 6.07 Å². The van der Waals surface area contributed by atoms with Crippen molar-refractivity contribution in [2.75, 3.05) is 32.7 Å². The van der Waals surface area contributed by atoms with Gasteiger partial charge in [-0.05, 0) is 69.3 Å². The lowest BCUT2D eigenvalue weighted by atomic mass is 9.96. The van der Waals surface area contributed by atoms with Crippen LogP contribution in [0, 0.1) is 5.92 Å². The largest absolute Gasteiger partial charge is 0.336 e. The second-order valence-corrected chi connectivity index (χ2v) is 9.72. The van der Waals surface area contributed by atoms with Crippen LogP contribution in [0.2, 0.25) is 10.0 Å². The minimum absolute atomic E-state index is 0.159. The predicted octanol–water partition coefficient (Wildman–Crippen LogP) is 3.14. The van der Waals surface area contributed by atoms with Crippen LogP contribution >= 0.6 is 23.2 Å². The number of urea groups is 1. The van der Waals surface area contributed by atoms with E-state index in [0.29, 0.717) is 23.1 Å². The summed E-state index contributed by atoms with van der Waals surface area (Å²) in [6, 6.07) is 4.81. The lowest BCUT2D eigenvalue weighted by molar-refractivity contribution is -0.139. The van der Waals surface area contributed by atoms with Gasteiger partial charge in [0.25, 0.3) is 5.91 Å². The molecule has 4 amide bonds. The molecular formula is C22H28Cl2N4O3. The summed E-state index contributed by atoms with van der Waals surface area (Å²) in [5.41, 5.74) is -0.0363. The highest BCUT2D eigenvalue weighted by atomic mass is 35.5. The van der Waals surface area contributed by atoms with Crippen LogP contribution in [-0.4, -0.2) is 70.8 Å². The molecule has 0 aromatic heterocycles. The first-order valence-corrected chi connectivity index (χ1v) is 11.6. The molecule has 0 radical (unpaired) electrons. The van der Waals surface area contributed by atoms with E-state index in [2.05, 4.69) is 10.2 Å². The number of nitrogens with one attached hydrogen (secondary N) is 1. The molecule has 2 aliphatic heterocycles. The molecule has 0 bridgehead atoms. The van der Waals surface area contributed by atoms with Gasteiger partial charge in [0.05, 0.1) is 10.0 Å². The molecular weight excluding hydrogens is 439 g/mol. The number of likely N-dealkylation sites (tertiary alicyclic amines) is 1. The van der Waals surface area contributed by atoms with Crippen LogP contribution in [0.4, 0.5) is 4.79 Å². The second-order valence-electron chi connectivity index (χ2n) is 8.91. The molecule has 7 nitrogen and oxygen atoms in total. The van der Waals surface area contributed by atoms with E-state index in [9.17, 15) is 14.4 Å². The Morgan fingerprint density at radius 2 is 1.90 bits per heavy atom. The second kappa shape index (κ2) is 8.96. The molecule has 168 valence electrons. The zero-order valence-corrected chi connectivity index (χ0v) is 19.2. The summed E-state index contributed by atoms with van der Waals surface area (Å²) in [6.07, 6.45) is 4.18. The van der Waals surface area contributed by atoms with Crippen molar-refractivity contribution in [3.63, 3.8) is 0 Å². The van der Waals surface area contributed by atoms with Crippen molar-refractivity contribution >= 4 is 41.0 Å². The Bertz CT molecular complexity index is 886. The topological polar surface area (TPSA) is 73.0 Å². The van der Waals surface area contributed by atoms with Crippen LogP contribution in [0.15, 0.2) is 18.2 Å². The van der Waals surface area contributed by atoms with Gasteiger partial charge in [0.1, 0.15) is 12.1 Å². The molecule has 1 N–H and O–H groups in total. The fraction of sp³-hybridized carbons (Fsp3) is 0.591. The van der Waals surface area contributed by atoms with Gasteiger partial charge in [-0.3, -0.25) is 14.5 Å². The number of imide groups is 1. The van der Waals surface area contributed by atoms with Crippen molar-refractivity contribution in [2.24, 2.45) is 5.92 Å². The number of benzene rings is 1. The maximum atomic E-state index is 13.2. The van der Waals surface area contributed by atoms with Crippen molar-refractivity contribution in [3.8, 4) is 0 Å². The highest BCUT2D eigenvalue weighted by molar-refractivity contribution is 6.42. The average Bonchev–Trinajstić information content (AvgIpc) is 3.43. The molecule has 2 heterocycles. The first-order valence-electron chi connectivity index (χ1n) is 10.9. The zero-order valence-electron chi connectivity index (χ0n) is 17.7. The van der Waals surface area contributed by atoms with Gasteiger partial charge in [-0.1, -0.05) is 29.3 Å². The third-order valence-electron chi connectivity index (χ3n) is 6.58. The minimum Gasteiger partial charge on any atom is -0.336 e. The fourth-order valence-corrected chi connectivity index (χ4v) is 4.77. The summed E-state index contributed by atoms with van der Waals surface area (Å²) in [6.45, 7) is 5.18. The number of carbonyl (C=O) groups is 3. The Morgan fingerprint density at radius 1 is 1.19 bits per heavy atom. The molecule has 3 aliphatic rings. The van der Waals surface area contributed by atoms with Gasteiger partial charge in [0.2, 0.25) is 5.91 Å². The monoisotopic (exact) mass is 466 g/mol. The number of carbonyl (C=O) groups excluding carboxylic acids is 3. The quantitative estimate of drug-likeness (QED) is 0.597. The lowest BCUT2D eigenvalue weighted by Crippen LogP contribution is -2.47. The lowest BCUT2D eigenvalue weighted by Gasteiger charge is -2.27. The molecule has 9 heteroatoms. The summed E-state index contributed by atoms with van der Waals surface area (Å²) >= 11 is 12.2. The molecule has 1 aromatic carbocycles. The molecule has 1 saturated carbocycles.